The molecule has 114 valence electrons. The molecule has 0 bridgehead atoms. The second kappa shape index (κ2) is 6.68. The maximum Gasteiger partial charge on any atom is 0.260 e. The van der Waals surface area contributed by atoms with Gasteiger partial charge >= 0.3 is 0 Å². The van der Waals surface area contributed by atoms with E-state index in [0.29, 0.717) is 12.2 Å². The van der Waals surface area contributed by atoms with Gasteiger partial charge in [0.1, 0.15) is 0 Å². The molecule has 8 heteroatoms. The first-order valence-electron chi connectivity index (χ1n) is 6.69. The van der Waals surface area contributed by atoms with Crippen molar-refractivity contribution in [1.82, 2.24) is 19.5 Å². The van der Waals surface area contributed by atoms with Gasteiger partial charge in [-0.25, -0.2) is 18.1 Å². The van der Waals surface area contributed by atoms with Gasteiger partial charge in [-0.15, -0.1) is 0 Å². The molecule has 2 aromatic rings. The standard InChI is InChI=1S/C13H19N5O2S/c1-3-6-14-12-5-4-7-15-13(12)21(19,20)17-9-11-8-16-18(2)10-11/h4-5,7-8,10,14,17H,3,6,9H2,1-2H3. The van der Waals surface area contributed by atoms with E-state index in [9.17, 15) is 8.42 Å². The van der Waals surface area contributed by atoms with E-state index in [1.165, 1.54) is 6.20 Å². The van der Waals surface area contributed by atoms with Crippen LogP contribution in [0.25, 0.3) is 0 Å². The van der Waals surface area contributed by atoms with E-state index in [0.717, 1.165) is 12.0 Å². The molecule has 0 amide bonds. The van der Waals surface area contributed by atoms with Crippen LogP contribution in [-0.2, 0) is 23.6 Å². The van der Waals surface area contributed by atoms with E-state index in [1.54, 1.807) is 36.3 Å². The van der Waals surface area contributed by atoms with Gasteiger partial charge in [0.25, 0.3) is 10.0 Å². The molecule has 2 aromatic heterocycles. The fourth-order valence-corrected chi connectivity index (χ4v) is 2.93. The molecule has 2 N–H and O–H groups in total. The van der Waals surface area contributed by atoms with E-state index in [-0.39, 0.29) is 11.6 Å². The number of sulfonamides is 1. The first-order chi connectivity index (χ1) is 10.0. The van der Waals surface area contributed by atoms with Crippen molar-refractivity contribution in [2.75, 3.05) is 11.9 Å². The van der Waals surface area contributed by atoms with E-state index >= 15 is 0 Å². The average Bonchev–Trinajstić information content (AvgIpc) is 2.89. The third-order valence-corrected chi connectivity index (χ3v) is 4.17. The van der Waals surface area contributed by atoms with Crippen LogP contribution in [0.4, 0.5) is 5.69 Å². The number of rotatable bonds is 7. The summed E-state index contributed by atoms with van der Waals surface area (Å²) in [6.45, 7) is 2.88. The summed E-state index contributed by atoms with van der Waals surface area (Å²) in [5.74, 6) is 0. The molecule has 0 aliphatic rings. The lowest BCUT2D eigenvalue weighted by molar-refractivity contribution is 0.577. The third-order valence-electron chi connectivity index (χ3n) is 2.82. The van der Waals surface area contributed by atoms with Crippen LogP contribution in [-0.4, -0.2) is 29.7 Å². The molecule has 7 nitrogen and oxygen atoms in total. The maximum absolute atomic E-state index is 12.4. The molecular weight excluding hydrogens is 290 g/mol. The van der Waals surface area contributed by atoms with Crippen LogP contribution in [0.5, 0.6) is 0 Å². The Labute approximate surface area is 124 Å². The number of aryl methyl sites for hydroxylation is 1. The Morgan fingerprint density at radius 2 is 2.19 bits per heavy atom. The topological polar surface area (TPSA) is 88.9 Å². The van der Waals surface area contributed by atoms with Gasteiger partial charge in [-0.05, 0) is 18.6 Å². The van der Waals surface area contributed by atoms with Crippen LogP contribution < -0.4 is 10.0 Å². The Kier molecular flexibility index (Phi) is 4.92. The fourth-order valence-electron chi connectivity index (χ4n) is 1.81. The maximum atomic E-state index is 12.4. The highest BCUT2D eigenvalue weighted by Crippen LogP contribution is 2.18. The zero-order valence-electron chi connectivity index (χ0n) is 12.1. The van der Waals surface area contributed by atoms with Crippen LogP contribution >= 0.6 is 0 Å². The molecular formula is C13H19N5O2S. The predicted molar refractivity (Wildman–Crippen MR) is 80.3 cm³/mol. The van der Waals surface area contributed by atoms with E-state index in [2.05, 4.69) is 20.1 Å². The SMILES string of the molecule is CCCNc1cccnc1S(=O)(=O)NCc1cnn(C)c1. The smallest absolute Gasteiger partial charge is 0.260 e. The fraction of sp³-hybridized carbons (Fsp3) is 0.385. The molecule has 0 atom stereocenters. The van der Waals surface area contributed by atoms with Crippen LogP contribution in [0.1, 0.15) is 18.9 Å². The Morgan fingerprint density at radius 1 is 1.38 bits per heavy atom. The molecule has 0 radical (unpaired) electrons. The normalized spacial score (nSPS) is 11.5. The predicted octanol–water partition coefficient (Wildman–Crippen LogP) is 1.12. The Bertz CT molecular complexity index is 696. The second-order valence-corrected chi connectivity index (χ2v) is 6.31. The lowest BCUT2D eigenvalue weighted by Gasteiger charge is -2.11. The van der Waals surface area contributed by atoms with Gasteiger partial charge in [0.15, 0.2) is 5.03 Å². The second-order valence-electron chi connectivity index (χ2n) is 4.63. The number of nitrogens with one attached hydrogen (secondary N) is 2. The summed E-state index contributed by atoms with van der Waals surface area (Å²) in [7, 11) is -1.89. The summed E-state index contributed by atoms with van der Waals surface area (Å²) in [5, 5.41) is 7.09. The molecule has 21 heavy (non-hydrogen) atoms. The van der Waals surface area contributed by atoms with Gasteiger partial charge in [-0.3, -0.25) is 4.68 Å². The molecule has 0 aliphatic carbocycles. The molecule has 0 saturated carbocycles. The number of hydrogen-bond donors (Lipinski definition) is 2. The average molecular weight is 309 g/mol. The van der Waals surface area contributed by atoms with Gasteiger partial charge in [-0.2, -0.15) is 5.10 Å². The molecule has 0 aliphatic heterocycles. The zero-order valence-corrected chi connectivity index (χ0v) is 12.9. The van der Waals surface area contributed by atoms with Crippen molar-refractivity contribution in [2.24, 2.45) is 7.05 Å². The lowest BCUT2D eigenvalue weighted by atomic mass is 10.4. The van der Waals surface area contributed by atoms with Crippen molar-refractivity contribution in [3.05, 3.63) is 36.3 Å². The first kappa shape index (κ1) is 15.5. The first-order valence-corrected chi connectivity index (χ1v) is 8.17. The summed E-state index contributed by atoms with van der Waals surface area (Å²) in [4.78, 5) is 3.99. The number of nitrogens with zero attached hydrogens (tertiary/aromatic N) is 3. The quantitative estimate of drug-likeness (QED) is 0.800. The monoisotopic (exact) mass is 309 g/mol. The summed E-state index contributed by atoms with van der Waals surface area (Å²) < 4.78 is 28.9. The lowest BCUT2D eigenvalue weighted by Crippen LogP contribution is -2.25. The molecule has 0 fully saturated rings. The minimum atomic E-state index is -3.67. The van der Waals surface area contributed by atoms with E-state index in [4.69, 9.17) is 0 Å². The Balaban J connectivity index is 2.15. The molecule has 0 spiro atoms. The minimum Gasteiger partial charge on any atom is -0.383 e. The molecule has 0 saturated heterocycles. The number of hydrogen-bond acceptors (Lipinski definition) is 5. The molecule has 2 heterocycles. The van der Waals surface area contributed by atoms with Crippen LogP contribution in [0, 0.1) is 0 Å². The van der Waals surface area contributed by atoms with Crippen molar-refractivity contribution >= 4 is 15.7 Å². The minimum absolute atomic E-state index is 0.0161. The van der Waals surface area contributed by atoms with Crippen LogP contribution in [0.2, 0.25) is 0 Å². The third kappa shape index (κ3) is 4.02. The van der Waals surface area contributed by atoms with Gasteiger partial charge < -0.3 is 5.32 Å². The molecule has 2 rings (SSSR count). The van der Waals surface area contributed by atoms with Crippen molar-refractivity contribution in [3.8, 4) is 0 Å². The van der Waals surface area contributed by atoms with Gasteiger partial charge in [0, 0.05) is 38.1 Å². The van der Waals surface area contributed by atoms with Crippen molar-refractivity contribution in [3.63, 3.8) is 0 Å². The van der Waals surface area contributed by atoms with Crippen LogP contribution in [0.3, 0.4) is 0 Å². The zero-order chi connectivity index (χ0) is 15.3. The van der Waals surface area contributed by atoms with E-state index in [1.807, 2.05) is 6.92 Å². The highest BCUT2D eigenvalue weighted by Gasteiger charge is 2.19. The van der Waals surface area contributed by atoms with Crippen molar-refractivity contribution in [2.45, 2.75) is 24.9 Å². The highest BCUT2D eigenvalue weighted by atomic mass is 32.2. The number of aromatic nitrogens is 3. The van der Waals surface area contributed by atoms with Crippen molar-refractivity contribution < 1.29 is 8.42 Å². The summed E-state index contributed by atoms with van der Waals surface area (Å²) >= 11 is 0. The summed E-state index contributed by atoms with van der Waals surface area (Å²) in [6, 6.07) is 3.42. The largest absolute Gasteiger partial charge is 0.383 e. The Morgan fingerprint density at radius 3 is 2.86 bits per heavy atom. The van der Waals surface area contributed by atoms with Crippen LogP contribution in [0.15, 0.2) is 35.7 Å². The number of pyridine rings is 1. The van der Waals surface area contributed by atoms with Gasteiger partial charge in [-0.1, -0.05) is 6.92 Å². The highest BCUT2D eigenvalue weighted by molar-refractivity contribution is 7.89. The van der Waals surface area contributed by atoms with Gasteiger partial charge in [0.2, 0.25) is 0 Å². The molecule has 0 unspecified atom stereocenters. The van der Waals surface area contributed by atoms with E-state index < -0.39 is 10.0 Å². The van der Waals surface area contributed by atoms with Crippen molar-refractivity contribution in [1.29, 1.82) is 0 Å². The number of anilines is 1. The van der Waals surface area contributed by atoms with Gasteiger partial charge in [0.05, 0.1) is 11.9 Å². The summed E-state index contributed by atoms with van der Waals surface area (Å²) in [6.07, 6.45) is 5.75. The Hall–Kier alpha value is -1.93. The summed E-state index contributed by atoms with van der Waals surface area (Å²) in [5.41, 5.74) is 1.30. The molecule has 0 aromatic carbocycles.